The molecular weight excluding hydrogens is 272 g/mol. The highest BCUT2D eigenvalue weighted by Crippen LogP contribution is 2.37. The molecule has 0 aliphatic rings. The van der Waals surface area contributed by atoms with E-state index in [1.807, 2.05) is 0 Å². The zero-order chi connectivity index (χ0) is 14.9. The number of alkyl halides is 3. The Morgan fingerprint density at radius 3 is 2.35 bits per heavy atom. The molecule has 0 bridgehead atoms. The Morgan fingerprint density at radius 1 is 1.05 bits per heavy atom. The molecule has 0 fully saturated rings. The number of hydrogen-bond donors (Lipinski definition) is 2. The molecule has 0 atom stereocenters. The molecule has 0 spiro atoms. The molecule has 2 aromatic carbocycles. The molecule has 2 aromatic rings. The van der Waals surface area contributed by atoms with Crippen LogP contribution >= 0.6 is 0 Å². The first-order chi connectivity index (χ1) is 9.27. The standard InChI is InChI=1S/C14H12F4N2/c1-8-6-10(3-4-12(8)15)20-13-5-2-9(19)7-11(13)14(16,17)18/h2-7,20H,19H2,1H3. The van der Waals surface area contributed by atoms with Crippen LogP contribution in [0.5, 0.6) is 0 Å². The molecule has 0 aliphatic heterocycles. The summed E-state index contributed by atoms with van der Waals surface area (Å²) < 4.78 is 51.9. The molecule has 0 amide bonds. The van der Waals surface area contributed by atoms with Crippen molar-refractivity contribution in [3.8, 4) is 0 Å². The summed E-state index contributed by atoms with van der Waals surface area (Å²) >= 11 is 0. The Balaban J connectivity index is 2.40. The molecule has 0 aromatic heterocycles. The van der Waals surface area contributed by atoms with Gasteiger partial charge in [0.1, 0.15) is 5.82 Å². The van der Waals surface area contributed by atoms with Crippen molar-refractivity contribution in [2.75, 3.05) is 11.1 Å². The van der Waals surface area contributed by atoms with Gasteiger partial charge >= 0.3 is 6.18 Å². The van der Waals surface area contributed by atoms with Gasteiger partial charge in [0.25, 0.3) is 0 Å². The molecule has 2 rings (SSSR count). The molecule has 0 unspecified atom stereocenters. The fourth-order valence-electron chi connectivity index (χ4n) is 1.78. The number of nitrogens with two attached hydrogens (primary N) is 1. The van der Waals surface area contributed by atoms with Crippen molar-refractivity contribution in [2.45, 2.75) is 13.1 Å². The highest BCUT2D eigenvalue weighted by atomic mass is 19.4. The quantitative estimate of drug-likeness (QED) is 0.630. The second-order valence-corrected chi connectivity index (χ2v) is 4.39. The van der Waals surface area contributed by atoms with Crippen LogP contribution in [0.4, 0.5) is 34.6 Å². The van der Waals surface area contributed by atoms with E-state index >= 15 is 0 Å². The second kappa shape index (κ2) is 5.03. The SMILES string of the molecule is Cc1cc(Nc2ccc(N)cc2C(F)(F)F)ccc1F. The molecule has 2 nitrogen and oxygen atoms in total. The van der Waals surface area contributed by atoms with Gasteiger partial charge < -0.3 is 11.1 Å². The fraction of sp³-hybridized carbons (Fsp3) is 0.143. The molecule has 3 N–H and O–H groups in total. The Bertz CT molecular complexity index is 636. The van der Waals surface area contributed by atoms with Crippen LogP contribution in [0.15, 0.2) is 36.4 Å². The minimum Gasteiger partial charge on any atom is -0.399 e. The van der Waals surface area contributed by atoms with Gasteiger partial charge in [-0.15, -0.1) is 0 Å². The number of nitrogen functional groups attached to an aromatic ring is 1. The van der Waals surface area contributed by atoms with Gasteiger partial charge in [-0.05, 0) is 48.9 Å². The number of aryl methyl sites for hydroxylation is 1. The van der Waals surface area contributed by atoms with E-state index in [-0.39, 0.29) is 11.4 Å². The summed E-state index contributed by atoms with van der Waals surface area (Å²) in [5, 5.41) is 2.63. The largest absolute Gasteiger partial charge is 0.418 e. The molecule has 0 saturated heterocycles. The van der Waals surface area contributed by atoms with Gasteiger partial charge in [0.2, 0.25) is 0 Å². The minimum atomic E-state index is -4.52. The lowest BCUT2D eigenvalue weighted by molar-refractivity contribution is -0.136. The molecule has 0 saturated carbocycles. The van der Waals surface area contributed by atoms with E-state index in [1.54, 1.807) is 0 Å². The third-order valence-corrected chi connectivity index (χ3v) is 2.79. The van der Waals surface area contributed by atoms with E-state index in [2.05, 4.69) is 5.32 Å². The van der Waals surface area contributed by atoms with E-state index < -0.39 is 17.6 Å². The van der Waals surface area contributed by atoms with Crippen LogP contribution in [0.1, 0.15) is 11.1 Å². The van der Waals surface area contributed by atoms with Crippen molar-refractivity contribution in [1.29, 1.82) is 0 Å². The minimum absolute atomic E-state index is 0.0261. The van der Waals surface area contributed by atoms with E-state index in [0.29, 0.717) is 11.3 Å². The van der Waals surface area contributed by atoms with Gasteiger partial charge in [-0.2, -0.15) is 13.2 Å². The number of anilines is 3. The molecule has 106 valence electrons. The topological polar surface area (TPSA) is 38.0 Å². The fourth-order valence-corrected chi connectivity index (χ4v) is 1.78. The molecule has 0 heterocycles. The lowest BCUT2D eigenvalue weighted by Gasteiger charge is -2.15. The molecule has 0 aliphatic carbocycles. The summed E-state index contributed by atoms with van der Waals surface area (Å²) in [5.74, 6) is -0.413. The van der Waals surface area contributed by atoms with Crippen LogP contribution in [0.3, 0.4) is 0 Å². The van der Waals surface area contributed by atoms with E-state index in [1.165, 1.54) is 37.3 Å². The van der Waals surface area contributed by atoms with Gasteiger partial charge in [0, 0.05) is 11.4 Å². The van der Waals surface area contributed by atoms with Crippen molar-refractivity contribution in [2.24, 2.45) is 0 Å². The maximum atomic E-state index is 13.1. The third-order valence-electron chi connectivity index (χ3n) is 2.79. The summed E-state index contributed by atoms with van der Waals surface area (Å²) in [6.07, 6.45) is -4.52. The highest BCUT2D eigenvalue weighted by molar-refractivity contribution is 5.67. The molecular formula is C14H12F4N2. The second-order valence-electron chi connectivity index (χ2n) is 4.39. The van der Waals surface area contributed by atoms with Crippen LogP contribution < -0.4 is 11.1 Å². The van der Waals surface area contributed by atoms with Gasteiger partial charge in [-0.25, -0.2) is 4.39 Å². The Hall–Kier alpha value is -2.24. The first kappa shape index (κ1) is 14.2. The summed E-state index contributed by atoms with van der Waals surface area (Å²) in [7, 11) is 0. The molecule has 6 heteroatoms. The van der Waals surface area contributed by atoms with Crippen molar-refractivity contribution >= 4 is 17.1 Å². The first-order valence-corrected chi connectivity index (χ1v) is 5.77. The maximum Gasteiger partial charge on any atom is 0.418 e. The third kappa shape index (κ3) is 3.01. The Morgan fingerprint density at radius 2 is 1.75 bits per heavy atom. The highest BCUT2D eigenvalue weighted by Gasteiger charge is 2.33. The Kier molecular flexibility index (Phi) is 3.57. The van der Waals surface area contributed by atoms with Crippen LogP contribution in [0.25, 0.3) is 0 Å². The maximum absolute atomic E-state index is 13.1. The summed E-state index contributed by atoms with van der Waals surface area (Å²) in [6, 6.07) is 7.48. The zero-order valence-electron chi connectivity index (χ0n) is 10.6. The summed E-state index contributed by atoms with van der Waals surface area (Å²) in [4.78, 5) is 0. The number of hydrogen-bond acceptors (Lipinski definition) is 2. The first-order valence-electron chi connectivity index (χ1n) is 5.77. The number of rotatable bonds is 2. The number of halogens is 4. The van der Waals surface area contributed by atoms with Crippen molar-refractivity contribution in [1.82, 2.24) is 0 Å². The summed E-state index contributed by atoms with van der Waals surface area (Å²) in [5.41, 5.74) is 5.14. The van der Waals surface area contributed by atoms with Crippen molar-refractivity contribution < 1.29 is 17.6 Å². The predicted molar refractivity (Wildman–Crippen MR) is 70.3 cm³/mol. The van der Waals surface area contributed by atoms with Crippen LogP contribution in [-0.4, -0.2) is 0 Å². The van der Waals surface area contributed by atoms with Gasteiger partial charge in [0.15, 0.2) is 0 Å². The van der Waals surface area contributed by atoms with Gasteiger partial charge in [-0.1, -0.05) is 0 Å². The van der Waals surface area contributed by atoms with E-state index in [0.717, 1.165) is 6.07 Å². The zero-order valence-corrected chi connectivity index (χ0v) is 10.6. The lowest BCUT2D eigenvalue weighted by atomic mass is 10.1. The van der Waals surface area contributed by atoms with E-state index in [9.17, 15) is 17.6 Å². The smallest absolute Gasteiger partial charge is 0.399 e. The van der Waals surface area contributed by atoms with Crippen LogP contribution in [0, 0.1) is 12.7 Å². The van der Waals surface area contributed by atoms with Crippen molar-refractivity contribution in [3.63, 3.8) is 0 Å². The van der Waals surface area contributed by atoms with Gasteiger partial charge in [0.05, 0.1) is 11.3 Å². The normalized spacial score (nSPS) is 11.4. The predicted octanol–water partition coefficient (Wildman–Crippen LogP) is 4.48. The number of nitrogens with one attached hydrogen (secondary N) is 1. The summed E-state index contributed by atoms with van der Waals surface area (Å²) in [6.45, 7) is 1.54. The molecule has 0 radical (unpaired) electrons. The lowest BCUT2D eigenvalue weighted by Crippen LogP contribution is -2.09. The Labute approximate surface area is 113 Å². The van der Waals surface area contributed by atoms with Crippen molar-refractivity contribution in [3.05, 3.63) is 53.3 Å². The number of benzene rings is 2. The van der Waals surface area contributed by atoms with Crippen LogP contribution in [-0.2, 0) is 6.18 Å². The van der Waals surface area contributed by atoms with E-state index in [4.69, 9.17) is 5.73 Å². The molecule has 20 heavy (non-hydrogen) atoms. The monoisotopic (exact) mass is 284 g/mol. The van der Waals surface area contributed by atoms with Gasteiger partial charge in [-0.3, -0.25) is 0 Å². The average Bonchev–Trinajstić information content (AvgIpc) is 2.35. The van der Waals surface area contributed by atoms with Crippen LogP contribution in [0.2, 0.25) is 0 Å². The average molecular weight is 284 g/mol.